The molecule has 0 aliphatic heterocycles. The van der Waals surface area contributed by atoms with E-state index in [0.29, 0.717) is 19.7 Å². The number of aliphatic hydroxyl groups is 1. The quantitative estimate of drug-likeness (QED) is 0.599. The van der Waals surface area contributed by atoms with E-state index in [1.807, 2.05) is 11.5 Å². The smallest absolute Gasteiger partial charge is 0.146 e. The number of ether oxygens (including phenoxy) is 1. The number of nitrogens with zero attached hydrogens (tertiary/aromatic N) is 3. The zero-order valence-electron chi connectivity index (χ0n) is 11.3. The summed E-state index contributed by atoms with van der Waals surface area (Å²) in [5.41, 5.74) is 0. The van der Waals surface area contributed by atoms with Crippen LogP contribution in [0.25, 0.3) is 0 Å². The molecule has 0 aromatic carbocycles. The number of aromatic nitrogens is 3. The monoisotopic (exact) mass is 256 g/mol. The van der Waals surface area contributed by atoms with E-state index in [0.717, 1.165) is 31.8 Å². The molecule has 0 fully saturated rings. The molecule has 18 heavy (non-hydrogen) atoms. The minimum atomic E-state index is -0.472. The van der Waals surface area contributed by atoms with Crippen LogP contribution in [0.1, 0.15) is 32.5 Å². The van der Waals surface area contributed by atoms with Crippen molar-refractivity contribution in [3.05, 3.63) is 12.2 Å². The molecule has 1 rings (SSSR count). The molecular formula is C12H24N4O2. The van der Waals surface area contributed by atoms with Crippen molar-refractivity contribution in [2.45, 2.75) is 45.9 Å². The van der Waals surface area contributed by atoms with Crippen molar-refractivity contribution in [2.75, 3.05) is 19.8 Å². The lowest BCUT2D eigenvalue weighted by Crippen LogP contribution is -2.31. The van der Waals surface area contributed by atoms with Gasteiger partial charge < -0.3 is 19.7 Å². The van der Waals surface area contributed by atoms with Gasteiger partial charge >= 0.3 is 0 Å². The first-order valence-electron chi connectivity index (χ1n) is 6.61. The zero-order chi connectivity index (χ0) is 13.2. The van der Waals surface area contributed by atoms with Crippen molar-refractivity contribution >= 4 is 0 Å². The third-order valence-corrected chi connectivity index (χ3v) is 2.65. The van der Waals surface area contributed by atoms with Crippen LogP contribution in [-0.2, 0) is 17.8 Å². The molecule has 0 saturated heterocycles. The molecule has 104 valence electrons. The Hall–Kier alpha value is -0.980. The van der Waals surface area contributed by atoms with Crippen LogP contribution < -0.4 is 5.32 Å². The maximum atomic E-state index is 9.67. The van der Waals surface area contributed by atoms with Crippen molar-refractivity contribution in [1.29, 1.82) is 0 Å². The van der Waals surface area contributed by atoms with Crippen LogP contribution in [-0.4, -0.2) is 45.7 Å². The molecule has 0 spiro atoms. The van der Waals surface area contributed by atoms with E-state index in [-0.39, 0.29) is 0 Å². The maximum Gasteiger partial charge on any atom is 0.146 e. The molecule has 1 heterocycles. The van der Waals surface area contributed by atoms with Crippen molar-refractivity contribution in [3.8, 4) is 0 Å². The second-order valence-corrected chi connectivity index (χ2v) is 4.25. The van der Waals surface area contributed by atoms with E-state index in [1.54, 1.807) is 6.33 Å². The standard InChI is InChI=1S/C12H24N4O2/c1-3-5-6-18-9-11(17)7-13-8-12-15-14-10-16(12)4-2/h10-11,13,17H,3-9H2,1-2H3. The number of aliphatic hydroxyl groups excluding tert-OH is 1. The van der Waals surface area contributed by atoms with Crippen LogP contribution in [0.15, 0.2) is 6.33 Å². The molecule has 0 saturated carbocycles. The molecule has 0 aliphatic rings. The second kappa shape index (κ2) is 9.02. The van der Waals surface area contributed by atoms with Gasteiger partial charge in [-0.05, 0) is 13.3 Å². The summed E-state index contributed by atoms with van der Waals surface area (Å²) in [6.07, 6.45) is 3.39. The predicted octanol–water partition coefficient (Wildman–Crippen LogP) is 0.565. The fraction of sp³-hybridized carbons (Fsp3) is 0.833. The Morgan fingerprint density at radius 3 is 3.06 bits per heavy atom. The maximum absolute atomic E-state index is 9.67. The Kier molecular flexibility index (Phi) is 7.55. The molecule has 6 nitrogen and oxygen atoms in total. The lowest BCUT2D eigenvalue weighted by atomic mass is 10.3. The summed E-state index contributed by atoms with van der Waals surface area (Å²) >= 11 is 0. The van der Waals surface area contributed by atoms with Crippen LogP contribution in [0.3, 0.4) is 0 Å². The lowest BCUT2D eigenvalue weighted by molar-refractivity contribution is 0.0357. The number of unbranched alkanes of at least 4 members (excludes halogenated alkanes) is 1. The molecule has 0 aliphatic carbocycles. The van der Waals surface area contributed by atoms with Crippen molar-refractivity contribution in [1.82, 2.24) is 20.1 Å². The van der Waals surface area contributed by atoms with Crippen molar-refractivity contribution < 1.29 is 9.84 Å². The number of rotatable bonds is 10. The molecule has 2 N–H and O–H groups in total. The zero-order valence-corrected chi connectivity index (χ0v) is 11.3. The number of nitrogens with one attached hydrogen (secondary N) is 1. The molecule has 0 amide bonds. The largest absolute Gasteiger partial charge is 0.389 e. The SMILES string of the molecule is CCCCOCC(O)CNCc1nncn1CC. The van der Waals surface area contributed by atoms with E-state index in [1.165, 1.54) is 0 Å². The predicted molar refractivity (Wildman–Crippen MR) is 69.1 cm³/mol. The van der Waals surface area contributed by atoms with Crippen LogP contribution in [0.2, 0.25) is 0 Å². The van der Waals surface area contributed by atoms with Gasteiger partial charge in [-0.15, -0.1) is 10.2 Å². The third kappa shape index (κ3) is 5.57. The summed E-state index contributed by atoms with van der Waals surface area (Å²) in [4.78, 5) is 0. The summed E-state index contributed by atoms with van der Waals surface area (Å²) < 4.78 is 7.31. The van der Waals surface area contributed by atoms with Crippen LogP contribution >= 0.6 is 0 Å². The van der Waals surface area contributed by atoms with Crippen LogP contribution in [0.5, 0.6) is 0 Å². The summed E-state index contributed by atoms with van der Waals surface area (Å²) in [5.74, 6) is 0.886. The van der Waals surface area contributed by atoms with E-state index in [4.69, 9.17) is 4.74 Å². The molecule has 0 bridgehead atoms. The van der Waals surface area contributed by atoms with Gasteiger partial charge in [0.15, 0.2) is 0 Å². The van der Waals surface area contributed by atoms with E-state index < -0.39 is 6.10 Å². The van der Waals surface area contributed by atoms with Gasteiger partial charge in [-0.3, -0.25) is 0 Å². The number of hydrogen-bond acceptors (Lipinski definition) is 5. The summed E-state index contributed by atoms with van der Waals surface area (Å²) in [5, 5.41) is 20.7. The van der Waals surface area contributed by atoms with Gasteiger partial charge in [0.25, 0.3) is 0 Å². The molecule has 0 radical (unpaired) electrons. The van der Waals surface area contributed by atoms with E-state index in [2.05, 4.69) is 22.4 Å². The van der Waals surface area contributed by atoms with Crippen molar-refractivity contribution in [3.63, 3.8) is 0 Å². The van der Waals surface area contributed by atoms with Crippen molar-refractivity contribution in [2.24, 2.45) is 0 Å². The highest BCUT2D eigenvalue weighted by Crippen LogP contribution is 1.95. The minimum Gasteiger partial charge on any atom is -0.389 e. The number of aryl methyl sites for hydroxylation is 1. The summed E-state index contributed by atoms with van der Waals surface area (Å²) in [6.45, 7) is 7.23. The Labute approximate surface area is 108 Å². The molecular weight excluding hydrogens is 232 g/mol. The normalized spacial score (nSPS) is 12.8. The minimum absolute atomic E-state index is 0.382. The number of hydrogen-bond donors (Lipinski definition) is 2. The fourth-order valence-corrected chi connectivity index (χ4v) is 1.56. The Morgan fingerprint density at radius 1 is 1.50 bits per heavy atom. The van der Waals surface area contributed by atoms with E-state index in [9.17, 15) is 5.11 Å². The van der Waals surface area contributed by atoms with Gasteiger partial charge in [-0.1, -0.05) is 13.3 Å². The molecule has 1 aromatic heterocycles. The van der Waals surface area contributed by atoms with Gasteiger partial charge in [0.05, 0.1) is 19.3 Å². The van der Waals surface area contributed by atoms with Gasteiger partial charge in [0, 0.05) is 19.7 Å². The molecule has 1 aromatic rings. The van der Waals surface area contributed by atoms with E-state index >= 15 is 0 Å². The molecule has 1 unspecified atom stereocenters. The highest BCUT2D eigenvalue weighted by atomic mass is 16.5. The van der Waals surface area contributed by atoms with Crippen LogP contribution in [0.4, 0.5) is 0 Å². The third-order valence-electron chi connectivity index (χ3n) is 2.65. The van der Waals surface area contributed by atoms with Gasteiger partial charge in [-0.2, -0.15) is 0 Å². The van der Waals surface area contributed by atoms with Gasteiger partial charge in [0.1, 0.15) is 12.2 Å². The second-order valence-electron chi connectivity index (χ2n) is 4.25. The summed E-state index contributed by atoms with van der Waals surface area (Å²) in [7, 11) is 0. The Bertz CT molecular complexity index is 317. The average molecular weight is 256 g/mol. The Morgan fingerprint density at radius 2 is 2.33 bits per heavy atom. The highest BCUT2D eigenvalue weighted by Gasteiger charge is 2.06. The van der Waals surface area contributed by atoms with Crippen LogP contribution in [0, 0.1) is 0 Å². The molecule has 1 atom stereocenters. The topological polar surface area (TPSA) is 72.2 Å². The lowest BCUT2D eigenvalue weighted by Gasteiger charge is -2.12. The first-order chi connectivity index (χ1) is 8.77. The Balaban J connectivity index is 2.10. The van der Waals surface area contributed by atoms with Gasteiger partial charge in [0.2, 0.25) is 0 Å². The molecule has 6 heteroatoms. The highest BCUT2D eigenvalue weighted by molar-refractivity contribution is 4.84. The summed E-state index contributed by atoms with van der Waals surface area (Å²) in [6, 6.07) is 0. The first kappa shape index (κ1) is 15.1. The first-order valence-corrected chi connectivity index (χ1v) is 6.61. The fourth-order valence-electron chi connectivity index (χ4n) is 1.56. The average Bonchev–Trinajstić information content (AvgIpc) is 2.82. The van der Waals surface area contributed by atoms with Gasteiger partial charge in [-0.25, -0.2) is 0 Å².